The third kappa shape index (κ3) is 2.56. The molecule has 1 aromatic rings. The maximum absolute atomic E-state index is 5.87. The Balaban J connectivity index is 2.23. The normalized spacial score (nSPS) is 17.5. The Morgan fingerprint density at radius 3 is 2.50 bits per heavy atom. The molecule has 0 aliphatic heterocycles. The summed E-state index contributed by atoms with van der Waals surface area (Å²) in [5.41, 5.74) is 1.31. The molecule has 1 unspecified atom stereocenters. The maximum atomic E-state index is 5.87. The van der Waals surface area contributed by atoms with Gasteiger partial charge in [0.25, 0.3) is 0 Å². The van der Waals surface area contributed by atoms with Crippen LogP contribution in [0, 0.1) is 5.92 Å². The van der Waals surface area contributed by atoms with Gasteiger partial charge in [-0.1, -0.05) is 18.2 Å². The van der Waals surface area contributed by atoms with Crippen LogP contribution in [0.25, 0.3) is 0 Å². The predicted molar refractivity (Wildman–Crippen MR) is 66.7 cm³/mol. The molecule has 0 bridgehead atoms. The lowest BCUT2D eigenvalue weighted by Gasteiger charge is -2.21. The van der Waals surface area contributed by atoms with E-state index < -0.39 is 0 Å². The number of nitrogens with one attached hydrogen (secondary N) is 1. The minimum absolute atomic E-state index is 0.234. The van der Waals surface area contributed by atoms with Crippen LogP contribution in [0.3, 0.4) is 0 Å². The Morgan fingerprint density at radius 2 is 1.94 bits per heavy atom. The molecule has 1 fully saturated rings. The van der Waals surface area contributed by atoms with Gasteiger partial charge in [-0.25, -0.2) is 0 Å². The molecule has 0 heterocycles. The number of rotatable bonds is 5. The van der Waals surface area contributed by atoms with Gasteiger partial charge in [0.1, 0.15) is 5.75 Å². The van der Waals surface area contributed by atoms with Crippen molar-refractivity contribution >= 4 is 0 Å². The number of ether oxygens (including phenoxy) is 1. The first kappa shape index (κ1) is 11.5. The average molecular weight is 219 g/mol. The largest absolute Gasteiger partial charge is 0.491 e. The third-order valence-electron chi connectivity index (χ3n) is 3.02. The van der Waals surface area contributed by atoms with Gasteiger partial charge < -0.3 is 10.1 Å². The second-order valence-electron chi connectivity index (χ2n) is 4.81. The summed E-state index contributed by atoms with van der Waals surface area (Å²) < 4.78 is 5.87. The fraction of sp³-hybridized carbons (Fsp3) is 0.571. The zero-order chi connectivity index (χ0) is 11.5. The lowest BCUT2D eigenvalue weighted by Crippen LogP contribution is -2.20. The summed E-state index contributed by atoms with van der Waals surface area (Å²) in [6.07, 6.45) is 2.90. The van der Waals surface area contributed by atoms with Gasteiger partial charge in [-0.2, -0.15) is 0 Å². The van der Waals surface area contributed by atoms with Gasteiger partial charge in [0.05, 0.1) is 6.10 Å². The fourth-order valence-electron chi connectivity index (χ4n) is 2.17. The quantitative estimate of drug-likeness (QED) is 0.821. The molecule has 88 valence electrons. The molecule has 2 heteroatoms. The Bertz CT molecular complexity index is 344. The van der Waals surface area contributed by atoms with Gasteiger partial charge in [0, 0.05) is 11.6 Å². The molecule has 0 radical (unpaired) electrons. The molecule has 0 saturated heterocycles. The van der Waals surface area contributed by atoms with Gasteiger partial charge in [0.15, 0.2) is 0 Å². The molecule has 2 rings (SSSR count). The van der Waals surface area contributed by atoms with E-state index in [1.807, 2.05) is 13.1 Å². The molecular weight excluding hydrogens is 198 g/mol. The Morgan fingerprint density at radius 1 is 1.25 bits per heavy atom. The molecule has 1 aliphatic carbocycles. The first-order valence-corrected chi connectivity index (χ1v) is 6.15. The van der Waals surface area contributed by atoms with Crippen molar-refractivity contribution in [2.24, 2.45) is 5.92 Å². The topological polar surface area (TPSA) is 21.3 Å². The van der Waals surface area contributed by atoms with E-state index in [2.05, 4.69) is 37.4 Å². The first-order valence-electron chi connectivity index (χ1n) is 6.15. The van der Waals surface area contributed by atoms with Gasteiger partial charge >= 0.3 is 0 Å². The van der Waals surface area contributed by atoms with Crippen molar-refractivity contribution in [1.82, 2.24) is 5.32 Å². The highest BCUT2D eigenvalue weighted by atomic mass is 16.5. The van der Waals surface area contributed by atoms with Crippen LogP contribution in [0.5, 0.6) is 5.75 Å². The minimum Gasteiger partial charge on any atom is -0.491 e. The predicted octanol–water partition coefficient (Wildman–Crippen LogP) is 3.14. The Kier molecular flexibility index (Phi) is 3.49. The van der Waals surface area contributed by atoms with Gasteiger partial charge in [0.2, 0.25) is 0 Å². The summed E-state index contributed by atoms with van der Waals surface area (Å²) >= 11 is 0. The molecule has 1 saturated carbocycles. The van der Waals surface area contributed by atoms with Crippen molar-refractivity contribution in [3.05, 3.63) is 29.8 Å². The molecule has 0 amide bonds. The average Bonchev–Trinajstić information content (AvgIpc) is 3.05. The standard InChI is InChI=1S/C14H21NO/c1-10(2)16-13-7-5-4-6-12(13)14(15-3)11-8-9-11/h4-7,10-11,14-15H,8-9H2,1-3H3. The van der Waals surface area contributed by atoms with Crippen LogP contribution in [0.4, 0.5) is 0 Å². The van der Waals surface area contributed by atoms with Crippen molar-refractivity contribution in [2.45, 2.75) is 38.8 Å². The maximum Gasteiger partial charge on any atom is 0.124 e. The van der Waals surface area contributed by atoms with E-state index >= 15 is 0 Å². The van der Waals surface area contributed by atoms with Crippen molar-refractivity contribution < 1.29 is 4.74 Å². The molecule has 1 atom stereocenters. The third-order valence-corrected chi connectivity index (χ3v) is 3.02. The highest BCUT2D eigenvalue weighted by Gasteiger charge is 2.32. The van der Waals surface area contributed by atoms with E-state index in [1.165, 1.54) is 18.4 Å². The Hall–Kier alpha value is -1.02. The smallest absolute Gasteiger partial charge is 0.124 e. The van der Waals surface area contributed by atoms with Crippen LogP contribution in [0.15, 0.2) is 24.3 Å². The van der Waals surface area contributed by atoms with Crippen LogP contribution in [0.2, 0.25) is 0 Å². The van der Waals surface area contributed by atoms with Crippen LogP contribution in [0.1, 0.15) is 38.3 Å². The van der Waals surface area contributed by atoms with Crippen LogP contribution < -0.4 is 10.1 Å². The van der Waals surface area contributed by atoms with Crippen molar-refractivity contribution in [3.63, 3.8) is 0 Å². The molecule has 2 nitrogen and oxygen atoms in total. The Labute approximate surface area is 98.0 Å². The number of hydrogen-bond acceptors (Lipinski definition) is 2. The zero-order valence-electron chi connectivity index (χ0n) is 10.4. The second-order valence-corrected chi connectivity index (χ2v) is 4.81. The highest BCUT2D eigenvalue weighted by molar-refractivity contribution is 5.37. The number of para-hydroxylation sites is 1. The van der Waals surface area contributed by atoms with Crippen molar-refractivity contribution in [2.75, 3.05) is 7.05 Å². The van der Waals surface area contributed by atoms with Crippen LogP contribution >= 0.6 is 0 Å². The van der Waals surface area contributed by atoms with Crippen LogP contribution in [-0.2, 0) is 0 Å². The van der Waals surface area contributed by atoms with E-state index in [0.717, 1.165) is 11.7 Å². The molecule has 1 aromatic carbocycles. The molecule has 1 N–H and O–H groups in total. The van der Waals surface area contributed by atoms with Crippen molar-refractivity contribution in [3.8, 4) is 5.75 Å². The summed E-state index contributed by atoms with van der Waals surface area (Å²) in [6, 6.07) is 8.84. The van der Waals surface area contributed by atoms with Gasteiger partial charge in [-0.15, -0.1) is 0 Å². The minimum atomic E-state index is 0.234. The molecular formula is C14H21NO. The zero-order valence-corrected chi connectivity index (χ0v) is 10.4. The summed E-state index contributed by atoms with van der Waals surface area (Å²) in [4.78, 5) is 0. The second kappa shape index (κ2) is 4.88. The molecule has 0 spiro atoms. The van der Waals surface area contributed by atoms with Crippen molar-refractivity contribution in [1.29, 1.82) is 0 Å². The van der Waals surface area contributed by atoms with Crippen LogP contribution in [-0.4, -0.2) is 13.2 Å². The summed E-state index contributed by atoms with van der Waals surface area (Å²) in [5.74, 6) is 1.82. The summed E-state index contributed by atoms with van der Waals surface area (Å²) in [7, 11) is 2.04. The SMILES string of the molecule is CNC(c1ccccc1OC(C)C)C1CC1. The number of benzene rings is 1. The molecule has 16 heavy (non-hydrogen) atoms. The van der Waals surface area contributed by atoms with Gasteiger partial charge in [-0.05, 0) is 45.7 Å². The monoisotopic (exact) mass is 219 g/mol. The van der Waals surface area contributed by atoms with E-state index in [0.29, 0.717) is 6.04 Å². The lowest BCUT2D eigenvalue weighted by atomic mass is 10.0. The highest BCUT2D eigenvalue weighted by Crippen LogP contribution is 2.43. The lowest BCUT2D eigenvalue weighted by molar-refractivity contribution is 0.237. The summed E-state index contributed by atoms with van der Waals surface area (Å²) in [6.45, 7) is 4.14. The number of hydrogen-bond donors (Lipinski definition) is 1. The van der Waals surface area contributed by atoms with E-state index in [9.17, 15) is 0 Å². The van der Waals surface area contributed by atoms with E-state index in [1.54, 1.807) is 0 Å². The van der Waals surface area contributed by atoms with Gasteiger partial charge in [-0.3, -0.25) is 0 Å². The fourth-order valence-corrected chi connectivity index (χ4v) is 2.17. The molecule has 1 aliphatic rings. The van der Waals surface area contributed by atoms with E-state index in [-0.39, 0.29) is 6.10 Å². The first-order chi connectivity index (χ1) is 7.72. The van der Waals surface area contributed by atoms with E-state index in [4.69, 9.17) is 4.74 Å². The summed E-state index contributed by atoms with van der Waals surface area (Å²) in [5, 5.41) is 3.41. The molecule has 0 aromatic heterocycles.